The van der Waals surface area contributed by atoms with Gasteiger partial charge in [0.25, 0.3) is 0 Å². The molecular weight excluding hydrogens is 394 g/mol. The van der Waals surface area contributed by atoms with Gasteiger partial charge in [0.05, 0.1) is 4.47 Å². The lowest BCUT2D eigenvalue weighted by Crippen LogP contribution is -2.50. The van der Waals surface area contributed by atoms with Gasteiger partial charge in [-0.15, -0.1) is 0 Å². The molecule has 26 heavy (non-hydrogen) atoms. The second kappa shape index (κ2) is 7.07. The number of rotatable bonds is 3. The van der Waals surface area contributed by atoms with Gasteiger partial charge in [0.2, 0.25) is 11.9 Å². The molecule has 6 nitrogen and oxygen atoms in total. The topological polar surface area (TPSA) is 54.3 Å². The molecule has 1 aromatic carbocycles. The molecule has 3 aromatic rings. The average molecular weight is 414 g/mol. The van der Waals surface area contributed by atoms with Gasteiger partial charge in [0.1, 0.15) is 6.54 Å². The quantitative estimate of drug-likeness (QED) is 0.662. The Balaban J connectivity index is 1.42. The summed E-state index contributed by atoms with van der Waals surface area (Å²) in [5.74, 6) is 0.873. The van der Waals surface area contributed by atoms with E-state index < -0.39 is 0 Å². The number of piperazine rings is 1. The summed E-state index contributed by atoms with van der Waals surface area (Å²) in [5.41, 5.74) is 2.22. The molecule has 0 unspecified atom stereocenters. The molecule has 7 heteroatoms. The van der Waals surface area contributed by atoms with Crippen LogP contribution in [0.1, 0.15) is 5.69 Å². The molecule has 1 aliphatic rings. The van der Waals surface area contributed by atoms with Crippen molar-refractivity contribution in [1.82, 2.24) is 19.4 Å². The standard InChI is InChI=1S/C19H20BrN5O/c1-14-10-15-4-2-3-5-17(15)25(14)13-18(26)23-6-8-24(9-7-23)19-21-11-16(20)12-22-19/h2-5,10-12H,6-9,13H2,1H3. The Hall–Kier alpha value is -2.41. The number of hydrogen-bond donors (Lipinski definition) is 0. The van der Waals surface area contributed by atoms with E-state index in [1.807, 2.05) is 17.0 Å². The molecule has 0 N–H and O–H groups in total. The zero-order valence-corrected chi connectivity index (χ0v) is 16.2. The van der Waals surface area contributed by atoms with Gasteiger partial charge in [-0.05, 0) is 40.4 Å². The maximum absolute atomic E-state index is 12.8. The first-order valence-electron chi connectivity index (χ1n) is 8.67. The Labute approximate surface area is 160 Å². The van der Waals surface area contributed by atoms with Gasteiger partial charge < -0.3 is 14.4 Å². The summed E-state index contributed by atoms with van der Waals surface area (Å²) >= 11 is 3.35. The third-order valence-electron chi connectivity index (χ3n) is 4.83. The Morgan fingerprint density at radius 2 is 1.81 bits per heavy atom. The molecule has 4 rings (SSSR count). The minimum atomic E-state index is 0.158. The van der Waals surface area contributed by atoms with Crippen LogP contribution in [-0.4, -0.2) is 51.5 Å². The van der Waals surface area contributed by atoms with Gasteiger partial charge in [-0.25, -0.2) is 9.97 Å². The number of amides is 1. The number of anilines is 1. The van der Waals surface area contributed by atoms with Crippen LogP contribution in [0.25, 0.3) is 10.9 Å². The number of para-hydroxylation sites is 1. The minimum absolute atomic E-state index is 0.158. The summed E-state index contributed by atoms with van der Waals surface area (Å²) in [5, 5.41) is 1.18. The molecule has 0 bridgehead atoms. The molecule has 0 spiro atoms. The molecule has 0 saturated carbocycles. The summed E-state index contributed by atoms with van der Waals surface area (Å²) in [6.07, 6.45) is 3.50. The molecule has 134 valence electrons. The van der Waals surface area contributed by atoms with E-state index in [0.717, 1.165) is 28.8 Å². The van der Waals surface area contributed by atoms with Crippen molar-refractivity contribution in [2.45, 2.75) is 13.5 Å². The second-order valence-corrected chi connectivity index (χ2v) is 7.42. The third-order valence-corrected chi connectivity index (χ3v) is 5.24. The van der Waals surface area contributed by atoms with Crippen molar-refractivity contribution < 1.29 is 4.79 Å². The molecule has 1 saturated heterocycles. The number of halogens is 1. The van der Waals surface area contributed by atoms with Crippen molar-refractivity contribution in [3.63, 3.8) is 0 Å². The Morgan fingerprint density at radius 3 is 2.54 bits per heavy atom. The van der Waals surface area contributed by atoms with E-state index >= 15 is 0 Å². The maximum atomic E-state index is 12.8. The van der Waals surface area contributed by atoms with Gasteiger partial charge in [0, 0.05) is 49.8 Å². The van der Waals surface area contributed by atoms with Crippen LogP contribution in [-0.2, 0) is 11.3 Å². The smallest absolute Gasteiger partial charge is 0.242 e. The lowest BCUT2D eigenvalue weighted by atomic mass is 10.2. The summed E-state index contributed by atoms with van der Waals surface area (Å²) in [6.45, 7) is 5.31. The zero-order valence-electron chi connectivity index (χ0n) is 14.6. The molecule has 0 aliphatic carbocycles. The molecule has 1 amide bonds. The number of nitrogens with zero attached hydrogens (tertiary/aromatic N) is 5. The third kappa shape index (κ3) is 3.31. The second-order valence-electron chi connectivity index (χ2n) is 6.50. The van der Waals surface area contributed by atoms with Crippen LogP contribution in [0.4, 0.5) is 5.95 Å². The zero-order chi connectivity index (χ0) is 18.1. The SMILES string of the molecule is Cc1cc2ccccc2n1CC(=O)N1CCN(c2ncc(Br)cn2)CC1. The monoisotopic (exact) mass is 413 g/mol. The fraction of sp³-hybridized carbons (Fsp3) is 0.316. The highest BCUT2D eigenvalue weighted by atomic mass is 79.9. The van der Waals surface area contributed by atoms with Gasteiger partial charge in [-0.2, -0.15) is 0 Å². The van der Waals surface area contributed by atoms with Crippen LogP contribution in [0.15, 0.2) is 47.2 Å². The van der Waals surface area contributed by atoms with Crippen LogP contribution in [0.5, 0.6) is 0 Å². The highest BCUT2D eigenvalue weighted by Gasteiger charge is 2.23. The van der Waals surface area contributed by atoms with Crippen molar-refractivity contribution in [2.75, 3.05) is 31.1 Å². The van der Waals surface area contributed by atoms with Crippen molar-refractivity contribution in [2.24, 2.45) is 0 Å². The van der Waals surface area contributed by atoms with E-state index in [4.69, 9.17) is 0 Å². The average Bonchev–Trinajstić information content (AvgIpc) is 2.98. The van der Waals surface area contributed by atoms with Gasteiger partial charge in [0.15, 0.2) is 0 Å². The summed E-state index contributed by atoms with van der Waals surface area (Å²) in [7, 11) is 0. The fourth-order valence-electron chi connectivity index (χ4n) is 3.42. The number of aromatic nitrogens is 3. The van der Waals surface area contributed by atoms with Crippen LogP contribution < -0.4 is 4.90 Å². The Kier molecular flexibility index (Phi) is 4.63. The number of carbonyl (C=O) groups excluding carboxylic acids is 1. The highest BCUT2D eigenvalue weighted by Crippen LogP contribution is 2.20. The van der Waals surface area contributed by atoms with E-state index in [9.17, 15) is 4.79 Å². The van der Waals surface area contributed by atoms with E-state index in [0.29, 0.717) is 25.6 Å². The van der Waals surface area contributed by atoms with Gasteiger partial charge in [-0.1, -0.05) is 18.2 Å². The first-order chi connectivity index (χ1) is 12.6. The highest BCUT2D eigenvalue weighted by molar-refractivity contribution is 9.10. The van der Waals surface area contributed by atoms with Crippen molar-refractivity contribution in [3.8, 4) is 0 Å². The molecule has 0 radical (unpaired) electrons. The van der Waals surface area contributed by atoms with E-state index in [2.05, 4.69) is 60.5 Å². The molecule has 1 aliphatic heterocycles. The number of benzene rings is 1. The minimum Gasteiger partial charge on any atom is -0.338 e. The van der Waals surface area contributed by atoms with Crippen molar-refractivity contribution in [3.05, 3.63) is 52.9 Å². The van der Waals surface area contributed by atoms with Gasteiger partial charge >= 0.3 is 0 Å². The predicted octanol–water partition coefficient (Wildman–Crippen LogP) is 2.85. The number of aryl methyl sites for hydroxylation is 1. The largest absolute Gasteiger partial charge is 0.338 e. The van der Waals surface area contributed by atoms with Crippen LogP contribution in [0.2, 0.25) is 0 Å². The summed E-state index contributed by atoms with van der Waals surface area (Å²) in [6, 6.07) is 10.3. The first kappa shape index (κ1) is 17.0. The van der Waals surface area contributed by atoms with E-state index in [-0.39, 0.29) is 5.91 Å². The summed E-state index contributed by atoms with van der Waals surface area (Å²) in [4.78, 5) is 25.5. The normalized spacial score (nSPS) is 14.8. The van der Waals surface area contributed by atoms with E-state index in [1.165, 1.54) is 5.39 Å². The van der Waals surface area contributed by atoms with E-state index in [1.54, 1.807) is 12.4 Å². The Bertz CT molecular complexity index is 929. The van der Waals surface area contributed by atoms with Crippen LogP contribution in [0.3, 0.4) is 0 Å². The fourth-order valence-corrected chi connectivity index (χ4v) is 3.62. The molecule has 1 fully saturated rings. The Morgan fingerprint density at radius 1 is 1.12 bits per heavy atom. The van der Waals surface area contributed by atoms with Crippen molar-refractivity contribution >= 4 is 38.7 Å². The van der Waals surface area contributed by atoms with Crippen LogP contribution in [0, 0.1) is 6.92 Å². The number of carbonyl (C=O) groups is 1. The van der Waals surface area contributed by atoms with Crippen molar-refractivity contribution in [1.29, 1.82) is 0 Å². The number of fused-ring (bicyclic) bond motifs is 1. The summed E-state index contributed by atoms with van der Waals surface area (Å²) < 4.78 is 2.96. The molecule has 3 heterocycles. The molecule has 0 atom stereocenters. The van der Waals surface area contributed by atoms with Gasteiger partial charge in [-0.3, -0.25) is 4.79 Å². The first-order valence-corrected chi connectivity index (χ1v) is 9.46. The molecule has 2 aromatic heterocycles. The predicted molar refractivity (Wildman–Crippen MR) is 105 cm³/mol. The molecular formula is C19H20BrN5O. The lowest BCUT2D eigenvalue weighted by molar-refractivity contribution is -0.132. The van der Waals surface area contributed by atoms with Crippen LogP contribution >= 0.6 is 15.9 Å². The number of hydrogen-bond acceptors (Lipinski definition) is 4. The lowest BCUT2D eigenvalue weighted by Gasteiger charge is -2.34. The maximum Gasteiger partial charge on any atom is 0.242 e.